The first-order valence-corrected chi connectivity index (χ1v) is 6.99. The third-order valence-electron chi connectivity index (χ3n) is 4.06. The average molecular weight is 211 g/mol. The highest BCUT2D eigenvalue weighted by Gasteiger charge is 2.22. The number of nitrogens with two attached hydrogens (primary N) is 1. The molecule has 0 aliphatic heterocycles. The van der Waals surface area contributed by atoms with E-state index in [0.717, 1.165) is 11.8 Å². The zero-order chi connectivity index (χ0) is 11.1. The third-order valence-corrected chi connectivity index (χ3v) is 4.06. The van der Waals surface area contributed by atoms with Gasteiger partial charge < -0.3 is 5.73 Å². The fourth-order valence-electron chi connectivity index (χ4n) is 2.76. The zero-order valence-electron chi connectivity index (χ0n) is 10.7. The Bertz CT molecular complexity index is 147. The van der Waals surface area contributed by atoms with Gasteiger partial charge in [0.1, 0.15) is 0 Å². The molecule has 1 aliphatic rings. The average Bonchev–Trinajstić information content (AvgIpc) is 2.25. The van der Waals surface area contributed by atoms with Crippen LogP contribution in [0.15, 0.2) is 0 Å². The van der Waals surface area contributed by atoms with Crippen LogP contribution in [0.2, 0.25) is 0 Å². The van der Waals surface area contributed by atoms with Crippen molar-refractivity contribution in [1.29, 1.82) is 0 Å². The minimum atomic E-state index is 0.495. The van der Waals surface area contributed by atoms with E-state index in [9.17, 15) is 0 Å². The lowest BCUT2D eigenvalue weighted by molar-refractivity contribution is 0.245. The number of hydrogen-bond donors (Lipinski definition) is 1. The molecule has 1 fully saturated rings. The molecule has 0 radical (unpaired) electrons. The Hall–Kier alpha value is -0.0400. The largest absolute Gasteiger partial charge is 0.327 e. The van der Waals surface area contributed by atoms with Crippen LogP contribution in [0.4, 0.5) is 0 Å². The standard InChI is InChI=1S/C14H29N/c1-3-4-5-6-7-14(15)13-10-8-12(2)9-11-13/h12-14H,3-11,15H2,1-2H3. The fourth-order valence-corrected chi connectivity index (χ4v) is 2.76. The van der Waals surface area contributed by atoms with Gasteiger partial charge in [-0.1, -0.05) is 52.4 Å². The van der Waals surface area contributed by atoms with Gasteiger partial charge in [0.25, 0.3) is 0 Å². The lowest BCUT2D eigenvalue weighted by atomic mass is 9.78. The second-order valence-corrected chi connectivity index (χ2v) is 5.53. The first-order chi connectivity index (χ1) is 7.24. The highest BCUT2D eigenvalue weighted by molar-refractivity contribution is 4.78. The highest BCUT2D eigenvalue weighted by atomic mass is 14.6. The molecule has 1 unspecified atom stereocenters. The monoisotopic (exact) mass is 211 g/mol. The van der Waals surface area contributed by atoms with Crippen molar-refractivity contribution in [2.75, 3.05) is 0 Å². The van der Waals surface area contributed by atoms with E-state index < -0.39 is 0 Å². The molecule has 1 heteroatoms. The van der Waals surface area contributed by atoms with Gasteiger partial charge >= 0.3 is 0 Å². The van der Waals surface area contributed by atoms with Crippen molar-refractivity contribution in [1.82, 2.24) is 0 Å². The molecule has 0 aromatic heterocycles. The summed E-state index contributed by atoms with van der Waals surface area (Å²) in [5.41, 5.74) is 6.28. The molecular weight excluding hydrogens is 182 g/mol. The number of rotatable bonds is 6. The van der Waals surface area contributed by atoms with Crippen LogP contribution < -0.4 is 5.73 Å². The quantitative estimate of drug-likeness (QED) is 0.657. The second-order valence-electron chi connectivity index (χ2n) is 5.53. The van der Waals surface area contributed by atoms with Gasteiger partial charge in [-0.3, -0.25) is 0 Å². The van der Waals surface area contributed by atoms with Gasteiger partial charge in [-0.05, 0) is 31.1 Å². The predicted molar refractivity (Wildman–Crippen MR) is 67.9 cm³/mol. The van der Waals surface area contributed by atoms with Gasteiger partial charge in [-0.25, -0.2) is 0 Å². The molecule has 0 bridgehead atoms. The Labute approximate surface area is 95.8 Å². The van der Waals surface area contributed by atoms with Gasteiger partial charge in [-0.15, -0.1) is 0 Å². The van der Waals surface area contributed by atoms with Crippen LogP contribution in [-0.2, 0) is 0 Å². The minimum Gasteiger partial charge on any atom is -0.327 e. The van der Waals surface area contributed by atoms with Gasteiger partial charge in [-0.2, -0.15) is 0 Å². The lowest BCUT2D eigenvalue weighted by Crippen LogP contribution is -2.32. The zero-order valence-corrected chi connectivity index (χ0v) is 10.7. The summed E-state index contributed by atoms with van der Waals surface area (Å²) in [4.78, 5) is 0. The van der Waals surface area contributed by atoms with E-state index in [4.69, 9.17) is 5.73 Å². The van der Waals surface area contributed by atoms with Crippen LogP contribution in [0.3, 0.4) is 0 Å². The Morgan fingerprint density at radius 2 is 1.73 bits per heavy atom. The molecule has 0 aromatic carbocycles. The van der Waals surface area contributed by atoms with Gasteiger partial charge in [0.15, 0.2) is 0 Å². The molecule has 1 atom stereocenters. The van der Waals surface area contributed by atoms with Crippen molar-refractivity contribution < 1.29 is 0 Å². The molecule has 1 nitrogen and oxygen atoms in total. The van der Waals surface area contributed by atoms with Gasteiger partial charge in [0.05, 0.1) is 0 Å². The smallest absolute Gasteiger partial charge is 0.00671 e. The second kappa shape index (κ2) is 7.27. The Balaban J connectivity index is 2.08. The Morgan fingerprint density at radius 3 is 2.33 bits per heavy atom. The van der Waals surface area contributed by atoms with Crippen molar-refractivity contribution >= 4 is 0 Å². The summed E-state index contributed by atoms with van der Waals surface area (Å²) >= 11 is 0. The summed E-state index contributed by atoms with van der Waals surface area (Å²) in [6, 6.07) is 0.495. The third kappa shape index (κ3) is 5.01. The fraction of sp³-hybridized carbons (Fsp3) is 1.00. The van der Waals surface area contributed by atoms with E-state index in [1.807, 2.05) is 0 Å². The maximum atomic E-state index is 6.28. The molecule has 0 heterocycles. The summed E-state index contributed by atoms with van der Waals surface area (Å²) < 4.78 is 0. The van der Waals surface area contributed by atoms with Crippen LogP contribution in [0.25, 0.3) is 0 Å². The topological polar surface area (TPSA) is 26.0 Å². The molecule has 90 valence electrons. The van der Waals surface area contributed by atoms with E-state index in [1.165, 1.54) is 57.8 Å². The van der Waals surface area contributed by atoms with Crippen molar-refractivity contribution in [3.8, 4) is 0 Å². The number of unbranched alkanes of at least 4 members (excludes halogenated alkanes) is 3. The van der Waals surface area contributed by atoms with E-state index in [-0.39, 0.29) is 0 Å². The molecule has 1 saturated carbocycles. The van der Waals surface area contributed by atoms with Crippen LogP contribution in [0.5, 0.6) is 0 Å². The molecule has 2 N–H and O–H groups in total. The first-order valence-electron chi connectivity index (χ1n) is 6.99. The predicted octanol–water partition coefficient (Wildman–Crippen LogP) is 4.11. The summed E-state index contributed by atoms with van der Waals surface area (Å²) in [6.45, 7) is 4.64. The molecule has 0 amide bonds. The molecule has 1 rings (SSSR count). The molecule has 0 saturated heterocycles. The summed E-state index contributed by atoms with van der Waals surface area (Å²) in [5, 5.41) is 0. The molecule has 15 heavy (non-hydrogen) atoms. The molecule has 0 aromatic rings. The van der Waals surface area contributed by atoms with E-state index >= 15 is 0 Å². The summed E-state index contributed by atoms with van der Waals surface area (Å²) in [7, 11) is 0. The van der Waals surface area contributed by atoms with Crippen LogP contribution in [-0.4, -0.2) is 6.04 Å². The normalized spacial score (nSPS) is 29.0. The van der Waals surface area contributed by atoms with Crippen LogP contribution >= 0.6 is 0 Å². The van der Waals surface area contributed by atoms with Crippen LogP contribution in [0.1, 0.15) is 71.6 Å². The van der Waals surface area contributed by atoms with Gasteiger partial charge in [0, 0.05) is 6.04 Å². The summed E-state index contributed by atoms with van der Waals surface area (Å²) in [5.74, 6) is 1.79. The minimum absolute atomic E-state index is 0.495. The van der Waals surface area contributed by atoms with Crippen molar-refractivity contribution in [3.05, 3.63) is 0 Å². The Morgan fingerprint density at radius 1 is 1.07 bits per heavy atom. The van der Waals surface area contributed by atoms with Crippen molar-refractivity contribution in [2.45, 2.75) is 77.7 Å². The van der Waals surface area contributed by atoms with Gasteiger partial charge in [0.2, 0.25) is 0 Å². The number of hydrogen-bond acceptors (Lipinski definition) is 1. The van der Waals surface area contributed by atoms with Crippen LogP contribution in [0, 0.1) is 11.8 Å². The van der Waals surface area contributed by atoms with Crippen molar-refractivity contribution in [2.24, 2.45) is 17.6 Å². The highest BCUT2D eigenvalue weighted by Crippen LogP contribution is 2.31. The van der Waals surface area contributed by atoms with E-state index in [1.54, 1.807) is 0 Å². The molecular formula is C14H29N. The van der Waals surface area contributed by atoms with E-state index in [2.05, 4.69) is 13.8 Å². The molecule has 0 spiro atoms. The Kier molecular flexibility index (Phi) is 6.31. The van der Waals surface area contributed by atoms with E-state index in [0.29, 0.717) is 6.04 Å². The summed E-state index contributed by atoms with van der Waals surface area (Å²) in [6.07, 6.45) is 12.3. The van der Waals surface area contributed by atoms with Crippen molar-refractivity contribution in [3.63, 3.8) is 0 Å². The molecule has 1 aliphatic carbocycles. The lowest BCUT2D eigenvalue weighted by Gasteiger charge is -2.30. The maximum absolute atomic E-state index is 6.28. The first kappa shape index (κ1) is 13.0. The maximum Gasteiger partial charge on any atom is 0.00671 e. The SMILES string of the molecule is CCCCCCC(N)C1CCC(C)CC1.